The lowest BCUT2D eigenvalue weighted by atomic mass is 9.99. The molecular weight excluding hydrogens is 683 g/mol. The minimum absolute atomic E-state index is 0.0948. The Hall–Kier alpha value is -5.65. The highest BCUT2D eigenvalue weighted by atomic mass is 16.6. The summed E-state index contributed by atoms with van der Waals surface area (Å²) in [5.74, 6) is 1.30. The number of fused-ring (bicyclic) bond motifs is 1. The molecule has 3 atom stereocenters. The Labute approximate surface area is 315 Å². The predicted molar refractivity (Wildman–Crippen MR) is 207 cm³/mol. The number of aromatic nitrogens is 4. The first-order chi connectivity index (χ1) is 25.9. The normalized spacial score (nSPS) is 18.0. The summed E-state index contributed by atoms with van der Waals surface area (Å²) in [6, 6.07) is 22.1. The molecule has 7 rings (SSSR count). The Morgan fingerprint density at radius 3 is 1.98 bits per heavy atom. The molecule has 3 amide bonds. The maximum Gasteiger partial charge on any atom is 0.410 e. The van der Waals surface area contributed by atoms with Crippen molar-refractivity contribution in [3.63, 3.8) is 0 Å². The number of benzene rings is 3. The van der Waals surface area contributed by atoms with Crippen LogP contribution in [0, 0.1) is 5.92 Å². The van der Waals surface area contributed by atoms with E-state index in [1.165, 1.54) is 7.11 Å². The molecule has 2 aromatic heterocycles. The molecule has 0 saturated carbocycles. The quantitative estimate of drug-likeness (QED) is 0.145. The molecule has 2 aliphatic rings. The lowest BCUT2D eigenvalue weighted by Gasteiger charge is -2.30. The van der Waals surface area contributed by atoms with Crippen molar-refractivity contribution in [2.24, 2.45) is 5.92 Å². The van der Waals surface area contributed by atoms with Gasteiger partial charge in [0.2, 0.25) is 5.91 Å². The van der Waals surface area contributed by atoms with Crippen LogP contribution in [0.4, 0.5) is 9.59 Å². The van der Waals surface area contributed by atoms with Crippen LogP contribution in [0.5, 0.6) is 0 Å². The van der Waals surface area contributed by atoms with Crippen LogP contribution >= 0.6 is 0 Å². The molecule has 0 bridgehead atoms. The molecule has 12 nitrogen and oxygen atoms in total. The predicted octanol–water partition coefficient (Wildman–Crippen LogP) is 8.40. The average molecular weight is 732 g/mol. The van der Waals surface area contributed by atoms with Crippen molar-refractivity contribution in [2.45, 2.75) is 84.0 Å². The SMILES string of the molecule is COC(=O)NC(C(=O)N1CCCC1c1ncc(-c2ccc(-c3ccc(-c4ccc5nc(C6CCCN6C(=O)OC(C)(C)C)[nH]c5c4)cc3)cc2)[nH]1)C(C)C. The molecule has 3 N–H and O–H groups in total. The Morgan fingerprint density at radius 2 is 1.37 bits per heavy atom. The van der Waals surface area contributed by atoms with Gasteiger partial charge < -0.3 is 29.7 Å². The highest BCUT2D eigenvalue weighted by Crippen LogP contribution is 2.35. The number of hydrogen-bond acceptors (Lipinski definition) is 7. The summed E-state index contributed by atoms with van der Waals surface area (Å²) in [6.07, 6.45) is 4.31. The second-order valence-electron chi connectivity index (χ2n) is 15.6. The summed E-state index contributed by atoms with van der Waals surface area (Å²) >= 11 is 0. The zero-order chi connectivity index (χ0) is 38.1. The maximum absolute atomic E-state index is 13.5. The van der Waals surface area contributed by atoms with Crippen molar-refractivity contribution in [1.29, 1.82) is 0 Å². The standard InChI is InChI=1S/C42H49N7O5/c1-25(2)36(47-40(51)53-6)39(50)48-21-7-9-34(48)37-43-24-33(46-37)29-17-15-27(16-18-29)26-11-13-28(14-12-26)30-19-20-31-32(23-30)45-38(44-31)35-10-8-22-49(35)41(52)54-42(3,4)5/h11-20,23-25,34-36H,7-10,21-22H2,1-6H3,(H,43,46)(H,44,45)(H,47,51). The number of hydrogen-bond donors (Lipinski definition) is 3. The molecule has 54 heavy (non-hydrogen) atoms. The van der Waals surface area contributed by atoms with Crippen LogP contribution in [0.2, 0.25) is 0 Å². The largest absolute Gasteiger partial charge is 0.453 e. The number of likely N-dealkylation sites (tertiary alicyclic amines) is 2. The van der Waals surface area contributed by atoms with Crippen LogP contribution < -0.4 is 5.32 Å². The first kappa shape index (κ1) is 36.7. The molecule has 3 unspecified atom stereocenters. The zero-order valence-electron chi connectivity index (χ0n) is 31.8. The van der Waals surface area contributed by atoms with E-state index >= 15 is 0 Å². The van der Waals surface area contributed by atoms with Crippen LogP contribution in [-0.2, 0) is 14.3 Å². The van der Waals surface area contributed by atoms with E-state index in [9.17, 15) is 14.4 Å². The Bertz CT molecular complexity index is 2130. The van der Waals surface area contributed by atoms with Gasteiger partial charge >= 0.3 is 12.2 Å². The second kappa shape index (κ2) is 15.0. The fraction of sp³-hybridized carbons (Fsp3) is 0.405. The monoisotopic (exact) mass is 731 g/mol. The lowest BCUT2D eigenvalue weighted by Crippen LogP contribution is -2.51. The topological polar surface area (TPSA) is 146 Å². The number of methoxy groups -OCH3 is 1. The molecule has 0 radical (unpaired) electrons. The van der Waals surface area contributed by atoms with Crippen molar-refractivity contribution in [3.05, 3.63) is 84.6 Å². The van der Waals surface area contributed by atoms with E-state index in [-0.39, 0.29) is 30.0 Å². The van der Waals surface area contributed by atoms with Gasteiger partial charge in [-0.25, -0.2) is 19.6 Å². The number of ether oxygens (including phenoxy) is 2. The number of imidazole rings is 2. The first-order valence-electron chi connectivity index (χ1n) is 18.8. The number of carbonyl (C=O) groups excluding carboxylic acids is 3. The Balaban J connectivity index is 1.02. The number of rotatable bonds is 8. The van der Waals surface area contributed by atoms with Gasteiger partial charge in [-0.1, -0.05) is 68.4 Å². The van der Waals surface area contributed by atoms with E-state index in [1.807, 2.05) is 51.8 Å². The second-order valence-corrected chi connectivity index (χ2v) is 15.6. The number of aromatic amines is 2. The van der Waals surface area contributed by atoms with Gasteiger partial charge in [-0.2, -0.15) is 0 Å². The molecule has 2 fully saturated rings. The minimum atomic E-state index is -0.677. The van der Waals surface area contributed by atoms with Gasteiger partial charge in [-0.3, -0.25) is 9.69 Å². The minimum Gasteiger partial charge on any atom is -0.453 e. The number of H-pyrrole nitrogens is 2. The van der Waals surface area contributed by atoms with Crippen molar-refractivity contribution < 1.29 is 23.9 Å². The van der Waals surface area contributed by atoms with Gasteiger partial charge in [0.15, 0.2) is 0 Å². The van der Waals surface area contributed by atoms with Crippen molar-refractivity contribution in [3.8, 4) is 33.5 Å². The van der Waals surface area contributed by atoms with E-state index < -0.39 is 17.7 Å². The third-order valence-electron chi connectivity index (χ3n) is 10.3. The maximum atomic E-state index is 13.5. The summed E-state index contributed by atoms with van der Waals surface area (Å²) in [7, 11) is 1.30. The molecule has 5 aromatic rings. The highest BCUT2D eigenvalue weighted by Gasteiger charge is 2.38. The third-order valence-corrected chi connectivity index (χ3v) is 10.3. The molecule has 12 heteroatoms. The lowest BCUT2D eigenvalue weighted by molar-refractivity contribution is -0.135. The van der Waals surface area contributed by atoms with Gasteiger partial charge in [0.1, 0.15) is 23.3 Å². The summed E-state index contributed by atoms with van der Waals surface area (Å²) in [5.41, 5.74) is 7.49. The van der Waals surface area contributed by atoms with Gasteiger partial charge in [0.05, 0.1) is 42.1 Å². The summed E-state index contributed by atoms with van der Waals surface area (Å²) < 4.78 is 10.4. The van der Waals surface area contributed by atoms with Gasteiger partial charge in [-0.05, 0) is 92.3 Å². The van der Waals surface area contributed by atoms with Gasteiger partial charge in [0.25, 0.3) is 0 Å². The summed E-state index contributed by atoms with van der Waals surface area (Å²) in [5, 5.41) is 2.70. The van der Waals surface area contributed by atoms with Crippen LogP contribution in [0.15, 0.2) is 72.9 Å². The van der Waals surface area contributed by atoms with Crippen molar-refractivity contribution in [2.75, 3.05) is 20.2 Å². The van der Waals surface area contributed by atoms with Crippen LogP contribution in [-0.4, -0.2) is 79.7 Å². The third kappa shape index (κ3) is 7.69. The van der Waals surface area contributed by atoms with E-state index in [1.54, 1.807) is 4.90 Å². The Morgan fingerprint density at radius 1 is 0.796 bits per heavy atom. The van der Waals surface area contributed by atoms with E-state index in [2.05, 4.69) is 80.9 Å². The fourth-order valence-electron chi connectivity index (χ4n) is 7.50. The number of alkyl carbamates (subject to hydrolysis) is 1. The van der Waals surface area contributed by atoms with Crippen molar-refractivity contribution in [1.82, 2.24) is 35.1 Å². The highest BCUT2D eigenvalue weighted by molar-refractivity contribution is 5.86. The zero-order valence-corrected chi connectivity index (χ0v) is 31.8. The molecule has 4 heterocycles. The number of carbonyl (C=O) groups is 3. The van der Waals surface area contributed by atoms with E-state index in [0.29, 0.717) is 13.1 Å². The smallest absolute Gasteiger partial charge is 0.410 e. The van der Waals surface area contributed by atoms with Crippen LogP contribution in [0.3, 0.4) is 0 Å². The van der Waals surface area contributed by atoms with Crippen LogP contribution in [0.1, 0.15) is 84.0 Å². The van der Waals surface area contributed by atoms with Crippen LogP contribution in [0.25, 0.3) is 44.5 Å². The summed E-state index contributed by atoms with van der Waals surface area (Å²) in [6.45, 7) is 10.7. The number of nitrogens with one attached hydrogen (secondary N) is 3. The molecule has 0 aliphatic carbocycles. The van der Waals surface area contributed by atoms with E-state index in [0.717, 1.165) is 81.9 Å². The molecular formula is C42H49N7O5. The fourth-order valence-corrected chi connectivity index (χ4v) is 7.50. The average Bonchev–Trinajstić information content (AvgIpc) is 3.98. The Kier molecular flexibility index (Phi) is 10.2. The molecule has 2 saturated heterocycles. The van der Waals surface area contributed by atoms with Gasteiger partial charge in [0, 0.05) is 13.1 Å². The van der Waals surface area contributed by atoms with Crippen molar-refractivity contribution >= 4 is 29.1 Å². The molecule has 3 aromatic carbocycles. The first-order valence-corrected chi connectivity index (χ1v) is 18.8. The molecule has 0 spiro atoms. The molecule has 2 aliphatic heterocycles. The van der Waals surface area contributed by atoms with E-state index in [4.69, 9.17) is 14.5 Å². The molecule has 282 valence electrons. The number of amides is 3. The van der Waals surface area contributed by atoms with Gasteiger partial charge in [-0.15, -0.1) is 0 Å². The summed E-state index contributed by atoms with van der Waals surface area (Å²) in [4.78, 5) is 58.4. The number of nitrogens with zero attached hydrogens (tertiary/aromatic N) is 4.